The van der Waals surface area contributed by atoms with Gasteiger partial charge in [-0.15, -0.1) is 0 Å². The number of hydrogen-bond donors (Lipinski definition) is 0. The molecule has 1 aromatic rings. The van der Waals surface area contributed by atoms with Gasteiger partial charge in [-0.1, -0.05) is 11.2 Å². The van der Waals surface area contributed by atoms with Crippen LogP contribution in [0.4, 0.5) is 0 Å². The first-order valence-corrected chi connectivity index (χ1v) is 4.84. The smallest absolute Gasteiger partial charge is 0.106 e. The predicted molar refractivity (Wildman–Crippen MR) is 56.4 cm³/mol. The van der Waals surface area contributed by atoms with Crippen molar-refractivity contribution >= 4 is 38.5 Å². The highest BCUT2D eigenvalue weighted by Crippen LogP contribution is 2.20. The number of nitrogens with zero attached hydrogens (tertiary/aromatic N) is 1. The Balaban J connectivity index is 2.95. The van der Waals surface area contributed by atoms with Gasteiger partial charge >= 0.3 is 0 Å². The average Bonchev–Trinajstić information content (AvgIpc) is 1.98. The monoisotopic (exact) mass is 325 g/mol. The summed E-state index contributed by atoms with van der Waals surface area (Å²) < 4.78 is 2.15. The van der Waals surface area contributed by atoms with Crippen LogP contribution in [0.2, 0.25) is 0 Å². The maximum Gasteiger partial charge on any atom is 0.106 e. The molecule has 0 saturated carbocycles. The van der Waals surface area contributed by atoms with Crippen LogP contribution in [0.5, 0.6) is 0 Å². The second-order valence-electron chi connectivity index (χ2n) is 2.04. The molecule has 0 radical (unpaired) electrons. The summed E-state index contributed by atoms with van der Waals surface area (Å²) in [4.78, 5) is 9.90. The van der Waals surface area contributed by atoms with E-state index in [9.17, 15) is 4.91 Å². The van der Waals surface area contributed by atoms with E-state index >= 15 is 0 Å². The first-order valence-electron chi connectivity index (χ1n) is 2.97. The van der Waals surface area contributed by atoms with Crippen LogP contribution >= 0.6 is 38.5 Å². The summed E-state index contributed by atoms with van der Waals surface area (Å²) >= 11 is 5.58. The SMILES string of the molecule is O=NCc1ccc(I)c(Br)c1. The van der Waals surface area contributed by atoms with Gasteiger partial charge in [-0.2, -0.15) is 4.91 Å². The minimum atomic E-state index is 0.246. The van der Waals surface area contributed by atoms with Crippen LogP contribution < -0.4 is 0 Å². The molecular formula is C7H5BrINO. The van der Waals surface area contributed by atoms with E-state index in [2.05, 4.69) is 43.7 Å². The molecule has 0 heterocycles. The molecule has 0 spiro atoms. The largest absolute Gasteiger partial charge is 0.150 e. The van der Waals surface area contributed by atoms with Gasteiger partial charge in [-0.3, -0.25) is 0 Å². The Labute approximate surface area is 86.6 Å². The molecule has 1 aromatic carbocycles. The highest BCUT2D eigenvalue weighted by molar-refractivity contribution is 14.1. The van der Waals surface area contributed by atoms with E-state index < -0.39 is 0 Å². The normalized spacial score (nSPS) is 9.64. The Morgan fingerprint density at radius 2 is 2.27 bits per heavy atom. The van der Waals surface area contributed by atoms with Crippen molar-refractivity contribution in [1.29, 1.82) is 0 Å². The van der Waals surface area contributed by atoms with Crippen LogP contribution in [0.1, 0.15) is 5.56 Å². The summed E-state index contributed by atoms with van der Waals surface area (Å²) in [7, 11) is 0. The van der Waals surface area contributed by atoms with Gasteiger partial charge in [-0.05, 0) is 56.2 Å². The fourth-order valence-electron chi connectivity index (χ4n) is 0.713. The summed E-state index contributed by atoms with van der Waals surface area (Å²) in [6.45, 7) is 0.246. The Kier molecular flexibility index (Phi) is 3.45. The fourth-order valence-corrected chi connectivity index (χ4v) is 1.47. The standard InChI is InChI=1S/C7H5BrINO/c8-6-3-5(4-10-11)1-2-7(6)9/h1-3H,4H2. The van der Waals surface area contributed by atoms with Crippen molar-refractivity contribution in [3.63, 3.8) is 0 Å². The molecule has 0 N–H and O–H groups in total. The minimum absolute atomic E-state index is 0.246. The molecule has 58 valence electrons. The zero-order valence-electron chi connectivity index (χ0n) is 5.55. The molecule has 0 fully saturated rings. The molecule has 0 aliphatic carbocycles. The molecule has 1 rings (SSSR count). The predicted octanol–water partition coefficient (Wildman–Crippen LogP) is 3.32. The van der Waals surface area contributed by atoms with E-state index in [4.69, 9.17) is 0 Å². The molecule has 0 unspecified atom stereocenters. The van der Waals surface area contributed by atoms with Crippen LogP contribution in [-0.2, 0) is 6.54 Å². The number of hydrogen-bond acceptors (Lipinski definition) is 2. The number of rotatable bonds is 2. The average molecular weight is 326 g/mol. The molecule has 4 heteroatoms. The van der Waals surface area contributed by atoms with Gasteiger partial charge in [0.25, 0.3) is 0 Å². The van der Waals surface area contributed by atoms with Gasteiger partial charge in [0.15, 0.2) is 0 Å². The molecular weight excluding hydrogens is 321 g/mol. The van der Waals surface area contributed by atoms with Crippen molar-refractivity contribution in [2.75, 3.05) is 0 Å². The lowest BCUT2D eigenvalue weighted by molar-refractivity contribution is 1.05. The van der Waals surface area contributed by atoms with Crippen LogP contribution in [0.3, 0.4) is 0 Å². The molecule has 0 aromatic heterocycles. The summed E-state index contributed by atoms with van der Waals surface area (Å²) in [6, 6.07) is 5.75. The van der Waals surface area contributed by atoms with E-state index in [0.717, 1.165) is 13.6 Å². The molecule has 0 atom stereocenters. The van der Waals surface area contributed by atoms with Crippen molar-refractivity contribution in [3.05, 3.63) is 36.7 Å². The highest BCUT2D eigenvalue weighted by atomic mass is 127. The van der Waals surface area contributed by atoms with Gasteiger partial charge in [0, 0.05) is 8.04 Å². The van der Waals surface area contributed by atoms with Crippen molar-refractivity contribution in [1.82, 2.24) is 0 Å². The van der Waals surface area contributed by atoms with Crippen molar-refractivity contribution in [2.45, 2.75) is 6.54 Å². The molecule has 11 heavy (non-hydrogen) atoms. The van der Waals surface area contributed by atoms with Gasteiger partial charge in [0.05, 0.1) is 0 Å². The van der Waals surface area contributed by atoms with E-state index in [1.807, 2.05) is 18.2 Å². The van der Waals surface area contributed by atoms with E-state index in [1.165, 1.54) is 0 Å². The second kappa shape index (κ2) is 4.15. The third kappa shape index (κ3) is 2.52. The van der Waals surface area contributed by atoms with E-state index in [1.54, 1.807) is 0 Å². The fraction of sp³-hybridized carbons (Fsp3) is 0.143. The number of benzene rings is 1. The maximum atomic E-state index is 9.90. The highest BCUT2D eigenvalue weighted by Gasteiger charge is 1.97. The van der Waals surface area contributed by atoms with Gasteiger partial charge in [0.1, 0.15) is 6.54 Å². The Bertz CT molecular complexity index is 277. The molecule has 0 amide bonds. The van der Waals surface area contributed by atoms with E-state index in [-0.39, 0.29) is 6.54 Å². The third-order valence-electron chi connectivity index (χ3n) is 1.23. The van der Waals surface area contributed by atoms with Crippen LogP contribution in [0, 0.1) is 8.48 Å². The summed E-state index contributed by atoms with van der Waals surface area (Å²) in [5.74, 6) is 0. The lowest BCUT2D eigenvalue weighted by Crippen LogP contribution is -1.81. The quantitative estimate of drug-likeness (QED) is 0.606. The molecule has 0 aliphatic heterocycles. The summed E-state index contributed by atoms with van der Waals surface area (Å²) in [5, 5.41) is 2.80. The van der Waals surface area contributed by atoms with Gasteiger partial charge in [-0.25, -0.2) is 0 Å². The van der Waals surface area contributed by atoms with Crippen LogP contribution in [0.25, 0.3) is 0 Å². The zero-order chi connectivity index (χ0) is 8.27. The third-order valence-corrected chi connectivity index (χ3v) is 3.57. The van der Waals surface area contributed by atoms with Crippen molar-refractivity contribution in [3.8, 4) is 0 Å². The van der Waals surface area contributed by atoms with Crippen LogP contribution in [0.15, 0.2) is 27.8 Å². The number of halogens is 2. The Morgan fingerprint density at radius 3 is 2.82 bits per heavy atom. The zero-order valence-corrected chi connectivity index (χ0v) is 9.29. The lowest BCUT2D eigenvalue weighted by atomic mass is 10.2. The summed E-state index contributed by atoms with van der Waals surface area (Å²) in [6.07, 6.45) is 0. The lowest BCUT2D eigenvalue weighted by Gasteiger charge is -1.97. The molecule has 2 nitrogen and oxygen atoms in total. The second-order valence-corrected chi connectivity index (χ2v) is 4.05. The van der Waals surface area contributed by atoms with E-state index in [0.29, 0.717) is 0 Å². The van der Waals surface area contributed by atoms with Gasteiger partial charge in [0.2, 0.25) is 0 Å². The summed E-state index contributed by atoms with van der Waals surface area (Å²) in [5.41, 5.74) is 0.937. The Hall–Kier alpha value is 0.0300. The minimum Gasteiger partial charge on any atom is -0.150 e. The molecule has 0 aliphatic rings. The van der Waals surface area contributed by atoms with Crippen molar-refractivity contribution < 1.29 is 0 Å². The number of nitroso groups, excluding NO2 is 1. The van der Waals surface area contributed by atoms with Gasteiger partial charge < -0.3 is 0 Å². The first kappa shape index (κ1) is 9.12. The molecule has 0 bridgehead atoms. The van der Waals surface area contributed by atoms with Crippen LogP contribution in [-0.4, -0.2) is 0 Å². The first-order chi connectivity index (χ1) is 5.24. The van der Waals surface area contributed by atoms with Crippen molar-refractivity contribution in [2.24, 2.45) is 5.18 Å². The maximum absolute atomic E-state index is 9.90. The Morgan fingerprint density at radius 1 is 1.55 bits per heavy atom. The molecule has 0 saturated heterocycles. The topological polar surface area (TPSA) is 29.4 Å².